The van der Waals surface area contributed by atoms with E-state index in [0.29, 0.717) is 23.5 Å². The molecule has 2 amide bonds. The molecule has 2 aromatic rings. The van der Waals surface area contributed by atoms with Crippen LogP contribution in [-0.2, 0) is 4.79 Å². The highest BCUT2D eigenvalue weighted by molar-refractivity contribution is 6.12. The Kier molecular flexibility index (Phi) is 5.02. The summed E-state index contributed by atoms with van der Waals surface area (Å²) in [4.78, 5) is 39.3. The van der Waals surface area contributed by atoms with Gasteiger partial charge in [0.1, 0.15) is 11.5 Å². The van der Waals surface area contributed by atoms with Gasteiger partial charge in [-0.15, -0.1) is 0 Å². The summed E-state index contributed by atoms with van der Waals surface area (Å²) in [7, 11) is 1.46. The van der Waals surface area contributed by atoms with Crippen molar-refractivity contribution in [3.8, 4) is 11.5 Å². The summed E-state index contributed by atoms with van der Waals surface area (Å²) in [5.41, 5.74) is 0.590. The molecule has 0 saturated heterocycles. The molecule has 1 aliphatic rings. The number of rotatable bonds is 5. The van der Waals surface area contributed by atoms with Crippen LogP contribution in [0.3, 0.4) is 0 Å². The number of para-hydroxylation sites is 2. The SMILES string of the molecule is CC[C@@H]1Oc2ccccc2C(=O)N(CC(=O)c2ccccc2OC)C1=O. The van der Waals surface area contributed by atoms with Gasteiger partial charge in [-0.2, -0.15) is 0 Å². The van der Waals surface area contributed by atoms with Crippen molar-refractivity contribution in [1.82, 2.24) is 4.90 Å². The fraction of sp³-hybridized carbons (Fsp3) is 0.250. The van der Waals surface area contributed by atoms with Crippen LogP contribution in [0.4, 0.5) is 0 Å². The van der Waals surface area contributed by atoms with Gasteiger partial charge in [0.15, 0.2) is 11.9 Å². The third kappa shape index (κ3) is 3.18. The fourth-order valence-electron chi connectivity index (χ4n) is 2.88. The normalized spacial score (nSPS) is 16.5. The molecule has 1 aliphatic heterocycles. The van der Waals surface area contributed by atoms with Crippen molar-refractivity contribution in [3.63, 3.8) is 0 Å². The summed E-state index contributed by atoms with van der Waals surface area (Å²) in [6.07, 6.45) is -0.423. The van der Waals surface area contributed by atoms with Gasteiger partial charge in [0.25, 0.3) is 11.8 Å². The first kappa shape index (κ1) is 17.7. The predicted molar refractivity (Wildman–Crippen MR) is 94.5 cm³/mol. The van der Waals surface area contributed by atoms with Crippen LogP contribution < -0.4 is 9.47 Å². The Bertz CT molecular complexity index is 861. The molecule has 6 nitrogen and oxygen atoms in total. The van der Waals surface area contributed by atoms with E-state index in [2.05, 4.69) is 0 Å². The summed E-state index contributed by atoms with van der Waals surface area (Å²) < 4.78 is 10.9. The number of carbonyl (C=O) groups excluding carboxylic acids is 3. The average molecular weight is 353 g/mol. The van der Waals surface area contributed by atoms with Crippen molar-refractivity contribution >= 4 is 17.6 Å². The first-order valence-electron chi connectivity index (χ1n) is 8.34. The second-order valence-electron chi connectivity index (χ2n) is 5.86. The summed E-state index contributed by atoms with van der Waals surface area (Å²) >= 11 is 0. The number of Topliss-reactive ketones (excluding diaryl/α,β-unsaturated/α-hetero) is 1. The van der Waals surface area contributed by atoms with Gasteiger partial charge in [0.2, 0.25) is 0 Å². The molecule has 134 valence electrons. The summed E-state index contributed by atoms with van der Waals surface area (Å²) in [5, 5.41) is 0. The van der Waals surface area contributed by atoms with Gasteiger partial charge >= 0.3 is 0 Å². The summed E-state index contributed by atoms with van der Waals surface area (Å²) in [6.45, 7) is 1.42. The smallest absolute Gasteiger partial charge is 0.270 e. The number of hydrogen-bond donors (Lipinski definition) is 0. The molecule has 0 aromatic heterocycles. The number of carbonyl (C=O) groups is 3. The lowest BCUT2D eigenvalue weighted by atomic mass is 10.1. The van der Waals surface area contributed by atoms with E-state index in [4.69, 9.17) is 9.47 Å². The number of fused-ring (bicyclic) bond motifs is 1. The van der Waals surface area contributed by atoms with Gasteiger partial charge in [-0.3, -0.25) is 19.3 Å². The molecule has 0 N–H and O–H groups in total. The minimum Gasteiger partial charge on any atom is -0.496 e. The standard InChI is InChI=1S/C20H19NO5/c1-3-16-20(24)21(19(23)14-9-5-7-11-18(14)26-16)12-15(22)13-8-4-6-10-17(13)25-2/h4-11,16H,3,12H2,1-2H3/t16-/m0/s1. The number of methoxy groups -OCH3 is 1. The zero-order valence-electron chi connectivity index (χ0n) is 14.6. The van der Waals surface area contributed by atoms with E-state index < -0.39 is 17.9 Å². The Morgan fingerprint density at radius 1 is 1.12 bits per heavy atom. The van der Waals surface area contributed by atoms with E-state index in [1.54, 1.807) is 55.5 Å². The van der Waals surface area contributed by atoms with E-state index >= 15 is 0 Å². The minimum absolute atomic E-state index is 0.268. The van der Waals surface area contributed by atoms with E-state index in [0.717, 1.165) is 4.90 Å². The van der Waals surface area contributed by atoms with Gasteiger partial charge < -0.3 is 9.47 Å². The van der Waals surface area contributed by atoms with Crippen molar-refractivity contribution in [1.29, 1.82) is 0 Å². The van der Waals surface area contributed by atoms with Crippen molar-refractivity contribution in [2.24, 2.45) is 0 Å². The predicted octanol–water partition coefficient (Wildman–Crippen LogP) is 2.72. The van der Waals surface area contributed by atoms with Crippen molar-refractivity contribution in [2.75, 3.05) is 13.7 Å². The Balaban J connectivity index is 1.96. The van der Waals surface area contributed by atoms with Crippen molar-refractivity contribution in [2.45, 2.75) is 19.4 Å². The lowest BCUT2D eigenvalue weighted by molar-refractivity contribution is -0.135. The fourth-order valence-corrected chi connectivity index (χ4v) is 2.88. The highest BCUT2D eigenvalue weighted by atomic mass is 16.5. The lowest BCUT2D eigenvalue weighted by Crippen LogP contribution is -2.45. The third-order valence-corrected chi connectivity index (χ3v) is 4.25. The number of benzene rings is 2. The van der Waals surface area contributed by atoms with Crippen LogP contribution in [0.1, 0.15) is 34.1 Å². The number of nitrogens with zero attached hydrogens (tertiary/aromatic N) is 1. The van der Waals surface area contributed by atoms with Gasteiger partial charge in [-0.1, -0.05) is 31.2 Å². The molecule has 1 atom stereocenters. The average Bonchev–Trinajstić information content (AvgIpc) is 2.78. The molecule has 0 saturated carbocycles. The van der Waals surface area contributed by atoms with Gasteiger partial charge in [-0.25, -0.2) is 0 Å². The summed E-state index contributed by atoms with van der Waals surface area (Å²) in [5.74, 6) is -0.680. The number of ketones is 1. The zero-order chi connectivity index (χ0) is 18.7. The maximum absolute atomic E-state index is 12.9. The Morgan fingerprint density at radius 2 is 1.81 bits per heavy atom. The number of imide groups is 1. The van der Waals surface area contributed by atoms with Crippen LogP contribution in [0.2, 0.25) is 0 Å². The lowest BCUT2D eigenvalue weighted by Gasteiger charge is -2.21. The molecule has 0 unspecified atom stereocenters. The van der Waals surface area contributed by atoms with E-state index in [-0.39, 0.29) is 17.9 Å². The summed E-state index contributed by atoms with van der Waals surface area (Å²) in [6, 6.07) is 13.4. The second-order valence-corrected chi connectivity index (χ2v) is 5.86. The minimum atomic E-state index is -0.812. The Morgan fingerprint density at radius 3 is 2.54 bits per heavy atom. The topological polar surface area (TPSA) is 72.9 Å². The number of ether oxygens (including phenoxy) is 2. The van der Waals surface area contributed by atoms with Crippen LogP contribution in [-0.4, -0.2) is 42.3 Å². The van der Waals surface area contributed by atoms with E-state index in [9.17, 15) is 14.4 Å². The molecular formula is C20H19NO5. The third-order valence-electron chi connectivity index (χ3n) is 4.25. The first-order chi connectivity index (χ1) is 12.6. The van der Waals surface area contributed by atoms with Crippen LogP contribution in [0.15, 0.2) is 48.5 Å². The van der Waals surface area contributed by atoms with Crippen molar-refractivity contribution < 1.29 is 23.9 Å². The van der Waals surface area contributed by atoms with Crippen LogP contribution in [0.25, 0.3) is 0 Å². The monoisotopic (exact) mass is 353 g/mol. The van der Waals surface area contributed by atoms with Gasteiger partial charge in [0.05, 0.1) is 24.8 Å². The Hall–Kier alpha value is -3.15. The molecule has 0 radical (unpaired) electrons. The highest BCUT2D eigenvalue weighted by Gasteiger charge is 2.36. The molecule has 0 fully saturated rings. The second kappa shape index (κ2) is 7.39. The quantitative estimate of drug-likeness (QED) is 0.610. The zero-order valence-corrected chi connectivity index (χ0v) is 14.6. The maximum atomic E-state index is 12.9. The molecule has 2 aromatic carbocycles. The molecule has 0 spiro atoms. The van der Waals surface area contributed by atoms with Crippen LogP contribution in [0.5, 0.6) is 11.5 Å². The van der Waals surface area contributed by atoms with E-state index in [1.165, 1.54) is 7.11 Å². The molecular weight excluding hydrogens is 334 g/mol. The van der Waals surface area contributed by atoms with Gasteiger partial charge in [0, 0.05) is 0 Å². The molecule has 0 aliphatic carbocycles. The highest BCUT2D eigenvalue weighted by Crippen LogP contribution is 2.27. The first-order valence-corrected chi connectivity index (χ1v) is 8.34. The van der Waals surface area contributed by atoms with Crippen LogP contribution in [0, 0.1) is 0 Å². The van der Waals surface area contributed by atoms with Crippen molar-refractivity contribution in [3.05, 3.63) is 59.7 Å². The Labute approximate surface area is 151 Å². The largest absolute Gasteiger partial charge is 0.496 e. The molecule has 3 rings (SSSR count). The number of hydrogen-bond acceptors (Lipinski definition) is 5. The molecule has 26 heavy (non-hydrogen) atoms. The number of amides is 2. The van der Waals surface area contributed by atoms with E-state index in [1.807, 2.05) is 0 Å². The maximum Gasteiger partial charge on any atom is 0.270 e. The molecule has 0 bridgehead atoms. The van der Waals surface area contributed by atoms with Gasteiger partial charge in [-0.05, 0) is 30.7 Å². The van der Waals surface area contributed by atoms with Crippen LogP contribution >= 0.6 is 0 Å². The molecule has 1 heterocycles. The molecule has 6 heteroatoms.